The summed E-state index contributed by atoms with van der Waals surface area (Å²) >= 11 is 0. The smallest absolute Gasteiger partial charge is 0.0271 e. The van der Waals surface area contributed by atoms with E-state index in [-0.39, 0.29) is 44.2 Å². The Kier molecular flexibility index (Phi) is 8.84. The molecule has 0 fully saturated rings. The van der Waals surface area contributed by atoms with Crippen LogP contribution >= 0.6 is 0 Å². The number of hydrogen-bond acceptors (Lipinski definition) is 4. The van der Waals surface area contributed by atoms with Gasteiger partial charge in [-0.2, -0.15) is 0 Å². The van der Waals surface area contributed by atoms with Crippen molar-refractivity contribution in [2.45, 2.75) is 6.92 Å². The maximum Gasteiger partial charge on any atom is 0.0271 e. The Morgan fingerprint density at radius 3 is 2.20 bits per heavy atom. The molecule has 0 saturated carbocycles. The summed E-state index contributed by atoms with van der Waals surface area (Å²) in [7, 11) is 1.50. The van der Waals surface area contributed by atoms with Crippen LogP contribution in [0.3, 0.4) is 0 Å². The van der Waals surface area contributed by atoms with Gasteiger partial charge in [0.2, 0.25) is 0 Å². The van der Waals surface area contributed by atoms with Crippen LogP contribution in [0, 0.1) is 0 Å². The zero-order valence-corrected chi connectivity index (χ0v) is 8.68. The van der Waals surface area contributed by atoms with Crippen LogP contribution in [0.25, 0.3) is 0 Å². The Bertz CT molecular complexity index is 156. The van der Waals surface area contributed by atoms with Gasteiger partial charge >= 0.3 is 0 Å². The Balaban J connectivity index is 0. The molecule has 0 aliphatic heterocycles. The van der Waals surface area contributed by atoms with Gasteiger partial charge in [0.05, 0.1) is 0 Å². The number of Topliss-reactive ketones (excluding diaryl/α,β-unsaturated/α-hetero) is 1. The van der Waals surface area contributed by atoms with Crippen molar-refractivity contribution >= 4 is 17.8 Å². The second-order valence-corrected chi connectivity index (χ2v) is 1.34. The molecule has 0 atom stereocenters. The molecule has 0 heterocycles. The number of carbonyl (C=O) groups is 1. The zero-order chi connectivity index (χ0) is 7.28. The van der Waals surface area contributed by atoms with Gasteiger partial charge in [0.25, 0.3) is 0 Å². The van der Waals surface area contributed by atoms with Crippen LogP contribution in [0.5, 0.6) is 0 Å². The summed E-state index contributed by atoms with van der Waals surface area (Å²) in [6, 6.07) is 0. The first-order valence-electron chi connectivity index (χ1n) is 2.36. The normalized spacial score (nSPS) is 9.60. The first-order chi connectivity index (χ1) is 4.22. The molecule has 0 aliphatic carbocycles. The molecule has 0 aromatic carbocycles. The molecule has 0 bridgehead atoms. The van der Waals surface area contributed by atoms with Crippen molar-refractivity contribution in [3.63, 3.8) is 0 Å². The molecule has 0 amide bonds. The van der Waals surface area contributed by atoms with Gasteiger partial charge in [-0.05, 0) is 5.71 Å². The number of hydrogen-bond donors (Lipinski definition) is 1. The first kappa shape index (κ1) is 12.6. The van der Waals surface area contributed by atoms with Crippen molar-refractivity contribution in [3.8, 4) is 0 Å². The minimum Gasteiger partial charge on any atom is -0.416 e. The molecule has 53 valence electrons. The van der Waals surface area contributed by atoms with Gasteiger partial charge in [-0.15, -0.1) is 0 Å². The van der Waals surface area contributed by atoms with E-state index in [1.807, 2.05) is 0 Å². The molecule has 0 saturated heterocycles. The Morgan fingerprint density at radius 1 is 1.60 bits per heavy atom. The molecule has 0 spiro atoms. The maximum absolute atomic E-state index is 10.3. The molecule has 1 radical (unpaired) electrons. The quantitative estimate of drug-likeness (QED) is 0.292. The summed E-state index contributed by atoms with van der Waals surface area (Å²) in [5.41, 5.74) is 2.09. The van der Waals surface area contributed by atoms with Crippen molar-refractivity contribution in [1.29, 1.82) is 0 Å². The predicted octanol–water partition coefficient (Wildman–Crippen LogP) is -0.742. The van der Waals surface area contributed by atoms with E-state index in [2.05, 4.69) is 10.5 Å². The summed E-state index contributed by atoms with van der Waals surface area (Å²) in [5, 5.41) is 3.34. The molecule has 0 aromatic heterocycles. The fraction of sp³-hybridized carbons (Fsp3) is 0.400. The third kappa shape index (κ3) is 4.76. The largest absolute Gasteiger partial charge is 0.416 e. The van der Waals surface area contributed by atoms with Crippen LogP contribution < -0.4 is 5.43 Å². The Hall–Kier alpha value is -0.0861. The number of hydrazone groups is 1. The molecule has 0 aromatic rings. The molecule has 0 aliphatic rings. The monoisotopic (exact) mass is 216 g/mol. The van der Waals surface area contributed by atoms with Crippen molar-refractivity contribution in [3.05, 3.63) is 0 Å². The van der Waals surface area contributed by atoms with E-state index >= 15 is 0 Å². The first-order valence-corrected chi connectivity index (χ1v) is 2.36. The Labute approximate surface area is 84.3 Å². The minimum atomic E-state index is -0.389. The van der Waals surface area contributed by atoms with Crippen LogP contribution in [0.4, 0.5) is 0 Å². The topological polar surface area (TPSA) is 58.5 Å². The summed E-state index contributed by atoms with van der Waals surface area (Å²) in [5.74, 6) is -0.389. The average Bonchev–Trinajstić information content (AvgIpc) is 1.82. The summed E-state index contributed by atoms with van der Waals surface area (Å²) in [6.07, 6.45) is 1.39. The van der Waals surface area contributed by atoms with Crippen LogP contribution in [0.1, 0.15) is 6.92 Å². The van der Waals surface area contributed by atoms with Gasteiger partial charge < -0.3 is 15.0 Å². The number of carbonyl (C=O) groups excluding carboxylic acids is 2. The molecule has 1 N–H and O–H groups in total. The molecule has 10 heavy (non-hydrogen) atoms. The molecule has 0 rings (SSSR count). The maximum atomic E-state index is 10.3. The van der Waals surface area contributed by atoms with Crippen molar-refractivity contribution in [1.82, 2.24) is 5.43 Å². The van der Waals surface area contributed by atoms with E-state index in [1.165, 1.54) is 20.3 Å². The van der Waals surface area contributed by atoms with Gasteiger partial charge in [0, 0.05) is 51.8 Å². The third-order valence-electron chi connectivity index (χ3n) is 0.654. The molecule has 4 nitrogen and oxygen atoms in total. The van der Waals surface area contributed by atoms with Crippen LogP contribution in [-0.2, 0) is 42.3 Å². The fourth-order valence-electron chi connectivity index (χ4n) is 0.285. The van der Waals surface area contributed by atoms with E-state index in [1.54, 1.807) is 0 Å². The van der Waals surface area contributed by atoms with Gasteiger partial charge in [-0.1, -0.05) is 6.92 Å². The summed E-state index contributed by atoms with van der Waals surface area (Å²) < 4.78 is 0. The van der Waals surface area contributed by atoms with Crippen molar-refractivity contribution < 1.29 is 42.3 Å². The van der Waals surface area contributed by atoms with Crippen molar-refractivity contribution in [2.24, 2.45) is 5.10 Å². The van der Waals surface area contributed by atoms with Gasteiger partial charge in [-0.25, -0.2) is 5.10 Å². The van der Waals surface area contributed by atoms with Gasteiger partial charge in [0.15, 0.2) is 0 Å². The molecular weight excluding hydrogens is 209 g/mol. The second-order valence-electron chi connectivity index (χ2n) is 1.34. The minimum absolute atomic E-state index is 0. The zero-order valence-electron chi connectivity index (χ0n) is 5.84. The predicted molar refractivity (Wildman–Crippen MR) is 32.9 cm³/mol. The third-order valence-corrected chi connectivity index (χ3v) is 0.654. The van der Waals surface area contributed by atoms with E-state index in [0.717, 1.165) is 0 Å². The summed E-state index contributed by atoms with van der Waals surface area (Å²) in [6.45, 7) is 1.25. The number of ketones is 1. The van der Waals surface area contributed by atoms with E-state index in [4.69, 9.17) is 0 Å². The van der Waals surface area contributed by atoms with E-state index in [9.17, 15) is 9.59 Å². The van der Waals surface area contributed by atoms with E-state index < -0.39 is 0 Å². The fourth-order valence-corrected chi connectivity index (χ4v) is 0.285. The SMILES string of the molecule is CNN=C([C-]=O)C(C)=O.[Y]. The van der Waals surface area contributed by atoms with Gasteiger partial charge in [-0.3, -0.25) is 0 Å². The molecular formula is C5H7N2O2Y-. The second kappa shape index (κ2) is 7.03. The number of nitrogens with one attached hydrogen (secondary N) is 1. The summed E-state index contributed by atoms with van der Waals surface area (Å²) in [4.78, 5) is 20.2. The molecule has 5 heteroatoms. The van der Waals surface area contributed by atoms with Crippen LogP contribution in [0.2, 0.25) is 0 Å². The van der Waals surface area contributed by atoms with Crippen LogP contribution in [-0.4, -0.2) is 24.8 Å². The van der Waals surface area contributed by atoms with Gasteiger partial charge in [0.1, 0.15) is 0 Å². The average molecular weight is 216 g/mol. The van der Waals surface area contributed by atoms with Crippen molar-refractivity contribution in [2.75, 3.05) is 7.05 Å². The van der Waals surface area contributed by atoms with Crippen LogP contribution in [0.15, 0.2) is 5.10 Å². The molecule has 0 unspecified atom stereocenters. The number of rotatable bonds is 3. The van der Waals surface area contributed by atoms with E-state index in [0.29, 0.717) is 0 Å². The standard InChI is InChI=1S/C5H7N2O2.Y/c1-4(9)5(3-8)7-6-2;/h6H,1-2H3;/q-1;. The number of nitrogens with zero attached hydrogens (tertiary/aromatic N) is 1. The Morgan fingerprint density at radius 2 is 2.10 bits per heavy atom.